The summed E-state index contributed by atoms with van der Waals surface area (Å²) in [6.45, 7) is 6.53. The molecule has 0 amide bonds. The average Bonchev–Trinajstić information content (AvgIpc) is 2.91. The molecule has 1 aromatic carbocycles. The lowest BCUT2D eigenvalue weighted by atomic mass is 9.97. The van der Waals surface area contributed by atoms with Crippen molar-refractivity contribution in [2.45, 2.75) is 39.2 Å². The molecule has 108 valence electrons. The zero-order valence-corrected chi connectivity index (χ0v) is 13.2. The number of nitrogen functional groups attached to an aromatic ring is 1. The highest BCUT2D eigenvalue weighted by Crippen LogP contribution is 2.20. The van der Waals surface area contributed by atoms with Gasteiger partial charge in [-0.25, -0.2) is 0 Å². The summed E-state index contributed by atoms with van der Waals surface area (Å²) in [5, 5.41) is 5.75. The molecular formula is C17H24N2S. The lowest BCUT2D eigenvalue weighted by Crippen LogP contribution is -2.16. The summed E-state index contributed by atoms with van der Waals surface area (Å²) < 4.78 is 0. The summed E-state index contributed by atoms with van der Waals surface area (Å²) in [5.74, 6) is 0.567. The second-order valence-electron chi connectivity index (χ2n) is 5.26. The number of nitrogens with two attached hydrogens (primary N) is 1. The van der Waals surface area contributed by atoms with Gasteiger partial charge in [0.15, 0.2) is 0 Å². The Hall–Kier alpha value is -1.32. The molecule has 20 heavy (non-hydrogen) atoms. The second kappa shape index (κ2) is 7.46. The Labute approximate surface area is 126 Å². The third-order valence-corrected chi connectivity index (χ3v) is 4.73. The van der Waals surface area contributed by atoms with Crippen molar-refractivity contribution in [3.8, 4) is 0 Å². The number of hydrogen-bond donors (Lipinski definition) is 2. The first-order valence-corrected chi connectivity index (χ1v) is 8.20. The number of nitrogens with one attached hydrogen (secondary N) is 1. The molecule has 1 atom stereocenters. The van der Waals surface area contributed by atoms with Crippen LogP contribution in [0.15, 0.2) is 35.7 Å². The molecule has 0 fully saturated rings. The summed E-state index contributed by atoms with van der Waals surface area (Å²) in [7, 11) is 0. The van der Waals surface area contributed by atoms with E-state index in [0.717, 1.165) is 31.6 Å². The minimum atomic E-state index is 0.567. The fourth-order valence-corrected chi connectivity index (χ4v) is 3.29. The normalized spacial score (nSPS) is 12.5. The van der Waals surface area contributed by atoms with Crippen molar-refractivity contribution in [1.82, 2.24) is 5.32 Å². The maximum atomic E-state index is 5.72. The van der Waals surface area contributed by atoms with Crippen LogP contribution in [0.3, 0.4) is 0 Å². The maximum Gasteiger partial charge on any atom is 0.0314 e. The molecule has 2 nitrogen and oxygen atoms in total. The Bertz CT molecular complexity index is 516. The third kappa shape index (κ3) is 4.09. The zero-order valence-electron chi connectivity index (χ0n) is 12.4. The topological polar surface area (TPSA) is 38.0 Å². The van der Waals surface area contributed by atoms with Crippen molar-refractivity contribution >= 4 is 17.0 Å². The molecule has 0 aliphatic heterocycles. The molecule has 1 aromatic heterocycles. The molecule has 1 heterocycles. The lowest BCUT2D eigenvalue weighted by molar-refractivity contribution is 0.596. The van der Waals surface area contributed by atoms with Crippen LogP contribution in [0.25, 0.3) is 0 Å². The summed E-state index contributed by atoms with van der Waals surface area (Å²) in [5.41, 5.74) is 9.40. The molecule has 3 heteroatoms. The van der Waals surface area contributed by atoms with Gasteiger partial charge < -0.3 is 11.1 Å². The Morgan fingerprint density at radius 1 is 1.20 bits per heavy atom. The molecule has 1 unspecified atom stereocenters. The fourth-order valence-electron chi connectivity index (χ4n) is 2.35. The van der Waals surface area contributed by atoms with Gasteiger partial charge in [-0.2, -0.15) is 0 Å². The first-order chi connectivity index (χ1) is 9.70. The minimum Gasteiger partial charge on any atom is -0.399 e. The highest BCUT2D eigenvalue weighted by atomic mass is 32.1. The number of aryl methyl sites for hydroxylation is 1. The van der Waals surface area contributed by atoms with E-state index < -0.39 is 0 Å². The van der Waals surface area contributed by atoms with Crippen LogP contribution in [0.2, 0.25) is 0 Å². The molecule has 0 aliphatic carbocycles. The Balaban J connectivity index is 1.74. The molecule has 0 saturated heterocycles. The van der Waals surface area contributed by atoms with E-state index >= 15 is 0 Å². The van der Waals surface area contributed by atoms with Gasteiger partial charge >= 0.3 is 0 Å². The van der Waals surface area contributed by atoms with E-state index in [4.69, 9.17) is 5.73 Å². The van der Waals surface area contributed by atoms with Crippen LogP contribution in [0.5, 0.6) is 0 Å². The molecule has 2 aromatic rings. The second-order valence-corrected chi connectivity index (χ2v) is 6.26. The lowest BCUT2D eigenvalue weighted by Gasteiger charge is -2.13. The van der Waals surface area contributed by atoms with E-state index in [2.05, 4.69) is 42.7 Å². The fraction of sp³-hybridized carbons (Fsp3) is 0.412. The molecule has 0 spiro atoms. The highest BCUT2D eigenvalue weighted by Gasteiger charge is 2.06. The van der Waals surface area contributed by atoms with Crippen molar-refractivity contribution in [2.75, 3.05) is 12.3 Å². The SMILES string of the molecule is CCc1ccsc1CNCCC(C)c1ccc(N)cc1. The van der Waals surface area contributed by atoms with Gasteiger partial charge in [0.05, 0.1) is 0 Å². The van der Waals surface area contributed by atoms with Crippen molar-refractivity contribution < 1.29 is 0 Å². The van der Waals surface area contributed by atoms with E-state index in [9.17, 15) is 0 Å². The molecule has 0 saturated carbocycles. The van der Waals surface area contributed by atoms with Gasteiger partial charge in [-0.3, -0.25) is 0 Å². The molecular weight excluding hydrogens is 264 g/mol. The van der Waals surface area contributed by atoms with Crippen molar-refractivity contribution in [2.24, 2.45) is 0 Å². The van der Waals surface area contributed by atoms with Gasteiger partial charge in [0.1, 0.15) is 0 Å². The molecule has 0 radical (unpaired) electrons. The summed E-state index contributed by atoms with van der Waals surface area (Å²) in [6.07, 6.45) is 2.28. The van der Waals surface area contributed by atoms with E-state index in [0.29, 0.717) is 5.92 Å². The maximum absolute atomic E-state index is 5.72. The summed E-state index contributed by atoms with van der Waals surface area (Å²) in [6, 6.07) is 10.5. The zero-order chi connectivity index (χ0) is 14.4. The molecule has 0 bridgehead atoms. The van der Waals surface area contributed by atoms with Crippen LogP contribution in [0.1, 0.15) is 42.2 Å². The van der Waals surface area contributed by atoms with Crippen LogP contribution in [0.4, 0.5) is 5.69 Å². The van der Waals surface area contributed by atoms with Crippen LogP contribution >= 0.6 is 11.3 Å². The van der Waals surface area contributed by atoms with Crippen LogP contribution < -0.4 is 11.1 Å². The monoisotopic (exact) mass is 288 g/mol. The first kappa shape index (κ1) is 15.1. The van der Waals surface area contributed by atoms with E-state index in [1.54, 1.807) is 0 Å². The van der Waals surface area contributed by atoms with E-state index in [1.807, 2.05) is 23.5 Å². The van der Waals surface area contributed by atoms with Crippen molar-refractivity contribution in [3.63, 3.8) is 0 Å². The predicted octanol–water partition coefficient (Wildman–Crippen LogP) is 4.18. The van der Waals surface area contributed by atoms with Crippen LogP contribution in [-0.2, 0) is 13.0 Å². The Morgan fingerprint density at radius 3 is 2.65 bits per heavy atom. The number of rotatable bonds is 7. The Morgan fingerprint density at radius 2 is 1.95 bits per heavy atom. The number of anilines is 1. The molecule has 2 rings (SSSR count). The summed E-state index contributed by atoms with van der Waals surface area (Å²) in [4.78, 5) is 1.48. The standard InChI is InChI=1S/C17H24N2S/c1-3-14-9-11-20-17(14)12-19-10-8-13(2)15-4-6-16(18)7-5-15/h4-7,9,11,13,19H,3,8,10,12,18H2,1-2H3. The largest absolute Gasteiger partial charge is 0.399 e. The Kier molecular flexibility index (Phi) is 5.62. The molecule has 3 N–H and O–H groups in total. The van der Waals surface area contributed by atoms with E-state index in [1.165, 1.54) is 16.0 Å². The van der Waals surface area contributed by atoms with E-state index in [-0.39, 0.29) is 0 Å². The van der Waals surface area contributed by atoms with Gasteiger partial charge in [0, 0.05) is 17.1 Å². The van der Waals surface area contributed by atoms with Crippen LogP contribution in [-0.4, -0.2) is 6.54 Å². The van der Waals surface area contributed by atoms with Crippen LogP contribution in [0, 0.1) is 0 Å². The number of hydrogen-bond acceptors (Lipinski definition) is 3. The minimum absolute atomic E-state index is 0.567. The summed E-state index contributed by atoms with van der Waals surface area (Å²) >= 11 is 1.85. The smallest absolute Gasteiger partial charge is 0.0314 e. The third-order valence-electron chi connectivity index (χ3n) is 3.76. The van der Waals surface area contributed by atoms with Crippen molar-refractivity contribution in [1.29, 1.82) is 0 Å². The highest BCUT2D eigenvalue weighted by molar-refractivity contribution is 7.10. The van der Waals surface area contributed by atoms with Gasteiger partial charge in [-0.05, 0) is 60.0 Å². The average molecular weight is 288 g/mol. The van der Waals surface area contributed by atoms with Gasteiger partial charge in [0.25, 0.3) is 0 Å². The number of benzene rings is 1. The van der Waals surface area contributed by atoms with Crippen molar-refractivity contribution in [3.05, 3.63) is 51.7 Å². The van der Waals surface area contributed by atoms with Gasteiger partial charge in [0.2, 0.25) is 0 Å². The molecule has 0 aliphatic rings. The number of thiophene rings is 1. The quantitative estimate of drug-likeness (QED) is 0.592. The van der Waals surface area contributed by atoms with Gasteiger partial charge in [-0.1, -0.05) is 26.0 Å². The predicted molar refractivity (Wildman–Crippen MR) is 89.3 cm³/mol. The first-order valence-electron chi connectivity index (χ1n) is 7.32. The van der Waals surface area contributed by atoms with Gasteiger partial charge in [-0.15, -0.1) is 11.3 Å².